The molecule has 2 nitrogen and oxygen atoms in total. The van der Waals surface area contributed by atoms with Gasteiger partial charge in [0.15, 0.2) is 5.78 Å². The maximum absolute atomic E-state index is 12.7. The number of carbonyl (C=O) groups excluding carboxylic acids is 1. The Bertz CT molecular complexity index is 510. The van der Waals surface area contributed by atoms with Crippen LogP contribution in [0.25, 0.3) is 0 Å². The van der Waals surface area contributed by atoms with E-state index in [0.29, 0.717) is 5.78 Å². The molecule has 0 unspecified atom stereocenters. The minimum absolute atomic E-state index is 0.0518. The second-order valence-corrected chi connectivity index (χ2v) is 6.69. The maximum Gasteiger partial charge on any atom is 0.169 e. The van der Waals surface area contributed by atoms with E-state index in [1.165, 1.54) is 24.9 Å². The van der Waals surface area contributed by atoms with E-state index < -0.39 is 0 Å². The van der Waals surface area contributed by atoms with Gasteiger partial charge in [-0.05, 0) is 56.7 Å². The van der Waals surface area contributed by atoms with Crippen molar-refractivity contribution in [2.45, 2.75) is 32.1 Å². The first-order valence-corrected chi connectivity index (χ1v) is 7.62. The molecule has 0 N–H and O–H groups in total. The topological polar surface area (TPSA) is 20.3 Å². The van der Waals surface area contributed by atoms with E-state index in [1.807, 2.05) is 12.1 Å². The Morgan fingerprint density at radius 2 is 1.89 bits per heavy atom. The van der Waals surface area contributed by atoms with Gasteiger partial charge in [0.2, 0.25) is 0 Å². The predicted molar refractivity (Wildman–Crippen MR) is 75.3 cm³/mol. The first-order chi connectivity index (χ1) is 9.27. The number of hydrogen-bond acceptors (Lipinski definition) is 2. The van der Waals surface area contributed by atoms with Crippen molar-refractivity contribution in [3.05, 3.63) is 35.4 Å². The average Bonchev–Trinajstić information content (AvgIpc) is 3.21. The lowest BCUT2D eigenvalue weighted by Crippen LogP contribution is -2.43. The zero-order chi connectivity index (χ0) is 12.9. The highest BCUT2D eigenvalue weighted by Gasteiger charge is 2.47. The normalized spacial score (nSPS) is 25.8. The summed E-state index contributed by atoms with van der Waals surface area (Å²) in [5.74, 6) is 1.39. The lowest BCUT2D eigenvalue weighted by Gasteiger charge is -2.38. The lowest BCUT2D eigenvalue weighted by molar-refractivity contribution is 0.0628. The molecule has 1 saturated heterocycles. The van der Waals surface area contributed by atoms with Crippen molar-refractivity contribution in [3.63, 3.8) is 0 Å². The highest BCUT2D eigenvalue weighted by Crippen LogP contribution is 2.45. The van der Waals surface area contributed by atoms with Crippen molar-refractivity contribution in [2.24, 2.45) is 11.3 Å². The van der Waals surface area contributed by atoms with Crippen LogP contribution < -0.4 is 0 Å². The van der Waals surface area contributed by atoms with Gasteiger partial charge in [-0.3, -0.25) is 4.79 Å². The Labute approximate surface area is 114 Å². The van der Waals surface area contributed by atoms with E-state index in [2.05, 4.69) is 17.0 Å². The fraction of sp³-hybridized carbons (Fsp3) is 0.588. The van der Waals surface area contributed by atoms with Crippen LogP contribution in [-0.4, -0.2) is 30.3 Å². The maximum atomic E-state index is 12.7. The van der Waals surface area contributed by atoms with Crippen molar-refractivity contribution >= 4 is 5.78 Å². The summed E-state index contributed by atoms with van der Waals surface area (Å²) in [6.07, 6.45) is 5.96. The minimum Gasteiger partial charge on any atom is -0.303 e. The van der Waals surface area contributed by atoms with Crippen LogP contribution in [0, 0.1) is 11.3 Å². The van der Waals surface area contributed by atoms with Crippen molar-refractivity contribution in [3.8, 4) is 0 Å². The molecule has 0 aromatic heterocycles. The summed E-state index contributed by atoms with van der Waals surface area (Å²) >= 11 is 0. The molecular weight excluding hydrogens is 234 g/mol. The summed E-state index contributed by atoms with van der Waals surface area (Å²) < 4.78 is 0. The molecule has 100 valence electrons. The van der Waals surface area contributed by atoms with Gasteiger partial charge in [0, 0.05) is 17.5 Å². The monoisotopic (exact) mass is 255 g/mol. The molecule has 0 radical (unpaired) electrons. The zero-order valence-corrected chi connectivity index (χ0v) is 11.4. The summed E-state index contributed by atoms with van der Waals surface area (Å²) in [6, 6.07) is 8.22. The third-order valence-electron chi connectivity index (χ3n) is 5.30. The molecule has 1 aliphatic heterocycles. The van der Waals surface area contributed by atoms with Crippen molar-refractivity contribution in [1.82, 2.24) is 4.90 Å². The molecule has 4 rings (SSSR count). The van der Waals surface area contributed by atoms with E-state index >= 15 is 0 Å². The van der Waals surface area contributed by atoms with E-state index in [9.17, 15) is 4.79 Å². The molecule has 0 amide bonds. The molecule has 1 aromatic carbocycles. The van der Waals surface area contributed by atoms with Crippen LogP contribution >= 0.6 is 0 Å². The smallest absolute Gasteiger partial charge is 0.169 e. The molecule has 1 heterocycles. The highest BCUT2D eigenvalue weighted by atomic mass is 16.1. The molecular formula is C17H21NO. The van der Waals surface area contributed by atoms with E-state index in [4.69, 9.17) is 0 Å². The van der Waals surface area contributed by atoms with E-state index in [-0.39, 0.29) is 5.41 Å². The van der Waals surface area contributed by atoms with Gasteiger partial charge < -0.3 is 4.90 Å². The lowest BCUT2D eigenvalue weighted by atomic mass is 9.75. The van der Waals surface area contributed by atoms with Crippen LogP contribution in [0.5, 0.6) is 0 Å². The van der Waals surface area contributed by atoms with Gasteiger partial charge in [0.25, 0.3) is 0 Å². The highest BCUT2D eigenvalue weighted by molar-refractivity contribution is 6.05. The Hall–Kier alpha value is -1.15. The number of likely N-dealkylation sites (tertiary alicyclic amines) is 1. The van der Waals surface area contributed by atoms with Gasteiger partial charge in [-0.2, -0.15) is 0 Å². The first-order valence-electron chi connectivity index (χ1n) is 7.62. The van der Waals surface area contributed by atoms with Crippen LogP contribution in [0.3, 0.4) is 0 Å². The summed E-state index contributed by atoms with van der Waals surface area (Å²) in [7, 11) is 0. The predicted octanol–water partition coefficient (Wildman–Crippen LogP) is 2.92. The van der Waals surface area contributed by atoms with Crippen LogP contribution in [0.15, 0.2) is 24.3 Å². The fourth-order valence-corrected chi connectivity index (χ4v) is 3.86. The van der Waals surface area contributed by atoms with Crippen LogP contribution in [0.2, 0.25) is 0 Å². The Morgan fingerprint density at radius 1 is 1.16 bits per heavy atom. The number of hydrogen-bond donors (Lipinski definition) is 0. The van der Waals surface area contributed by atoms with Crippen molar-refractivity contribution in [1.29, 1.82) is 0 Å². The van der Waals surface area contributed by atoms with Gasteiger partial charge in [0.05, 0.1) is 0 Å². The number of Topliss-reactive ketones (excluding diaryl/α,β-unsaturated/α-hetero) is 1. The summed E-state index contributed by atoms with van der Waals surface area (Å²) in [5.41, 5.74) is 2.23. The minimum atomic E-state index is -0.0518. The van der Waals surface area contributed by atoms with Crippen molar-refractivity contribution in [2.75, 3.05) is 19.6 Å². The number of ketones is 1. The molecule has 1 spiro atoms. The average molecular weight is 255 g/mol. The third-order valence-corrected chi connectivity index (χ3v) is 5.30. The van der Waals surface area contributed by atoms with E-state index in [1.54, 1.807) is 0 Å². The zero-order valence-electron chi connectivity index (χ0n) is 11.4. The molecule has 0 bridgehead atoms. The molecule has 1 aromatic rings. The van der Waals surface area contributed by atoms with Crippen LogP contribution in [0.1, 0.15) is 41.6 Å². The number of benzene rings is 1. The fourth-order valence-electron chi connectivity index (χ4n) is 3.86. The van der Waals surface area contributed by atoms with Crippen LogP contribution in [0.4, 0.5) is 0 Å². The molecule has 1 saturated carbocycles. The molecule has 3 aliphatic rings. The Morgan fingerprint density at radius 3 is 2.58 bits per heavy atom. The molecule has 2 heteroatoms. The summed E-state index contributed by atoms with van der Waals surface area (Å²) in [5, 5.41) is 0. The van der Waals surface area contributed by atoms with E-state index in [0.717, 1.165) is 43.8 Å². The summed E-state index contributed by atoms with van der Waals surface area (Å²) in [4.78, 5) is 15.3. The molecule has 2 aliphatic carbocycles. The molecule has 0 atom stereocenters. The SMILES string of the molecule is O=C1c2ccccc2CC12CCN(CC1CC1)CC2. The van der Waals surface area contributed by atoms with Gasteiger partial charge in [-0.1, -0.05) is 24.3 Å². The second kappa shape index (κ2) is 4.17. The number of piperidine rings is 1. The number of nitrogens with zero attached hydrogens (tertiary/aromatic N) is 1. The van der Waals surface area contributed by atoms with Gasteiger partial charge >= 0.3 is 0 Å². The largest absolute Gasteiger partial charge is 0.303 e. The number of fused-ring (bicyclic) bond motifs is 1. The summed E-state index contributed by atoms with van der Waals surface area (Å²) in [6.45, 7) is 3.52. The van der Waals surface area contributed by atoms with Crippen molar-refractivity contribution < 1.29 is 4.79 Å². The van der Waals surface area contributed by atoms with Crippen LogP contribution in [-0.2, 0) is 6.42 Å². The van der Waals surface area contributed by atoms with Gasteiger partial charge in [0.1, 0.15) is 0 Å². The third kappa shape index (κ3) is 1.93. The standard InChI is InChI=1S/C17H21NO/c19-16-15-4-2-1-3-14(15)11-17(16)7-9-18(10-8-17)12-13-5-6-13/h1-4,13H,5-12H2. The van der Waals surface area contributed by atoms with Gasteiger partial charge in [-0.15, -0.1) is 0 Å². The molecule has 2 fully saturated rings. The number of carbonyl (C=O) groups is 1. The molecule has 19 heavy (non-hydrogen) atoms. The first kappa shape index (κ1) is 11.7. The Balaban J connectivity index is 1.50. The second-order valence-electron chi connectivity index (χ2n) is 6.69. The Kier molecular flexibility index (Phi) is 2.56. The van der Waals surface area contributed by atoms with Gasteiger partial charge in [-0.25, -0.2) is 0 Å². The number of rotatable bonds is 2. The quantitative estimate of drug-likeness (QED) is 0.810.